The third kappa shape index (κ3) is 5.18. The first-order chi connectivity index (χ1) is 11.2. The first-order valence-corrected chi connectivity index (χ1v) is 6.18. The highest BCUT2D eigenvalue weighted by Gasteiger charge is 2.19. The van der Waals surface area contributed by atoms with E-state index in [0.29, 0.717) is 11.6 Å². The first kappa shape index (κ1) is 18.2. The van der Waals surface area contributed by atoms with Crippen LogP contribution in [0.1, 0.15) is 20.7 Å². The van der Waals surface area contributed by atoms with Gasteiger partial charge in [-0.1, -0.05) is 18.2 Å². The van der Waals surface area contributed by atoms with Crippen molar-refractivity contribution in [1.29, 1.82) is 0 Å². The Labute approximate surface area is 133 Å². The summed E-state index contributed by atoms with van der Waals surface area (Å²) in [7, 11) is 0. The number of benzene rings is 2. The molecule has 0 aliphatic heterocycles. The zero-order chi connectivity index (χ0) is 18.3. The lowest BCUT2D eigenvalue weighted by molar-refractivity contribution is -0.394. The molecule has 0 aromatic heterocycles. The summed E-state index contributed by atoms with van der Waals surface area (Å²) in [6.45, 7) is 0. The van der Waals surface area contributed by atoms with Gasteiger partial charge < -0.3 is 10.2 Å². The van der Waals surface area contributed by atoms with Crippen LogP contribution in [0.2, 0.25) is 0 Å². The number of rotatable bonds is 4. The fourth-order valence-corrected chi connectivity index (χ4v) is 1.51. The minimum absolute atomic E-state index is 0.331. The minimum Gasteiger partial charge on any atom is -0.478 e. The van der Waals surface area contributed by atoms with Crippen molar-refractivity contribution in [2.45, 2.75) is 0 Å². The van der Waals surface area contributed by atoms with Gasteiger partial charge in [-0.3, -0.25) is 20.2 Å². The standard InChI is InChI=1S/C7H4N2O6.C7H6O2/c10-7(11)4-1-5(8(12)13)3-6(2-4)9(14)15;8-7(9)6-4-2-1-3-5-6/h1-3H,(H,10,11);1-5H,(H,8,9). The number of carbonyl (C=O) groups is 2. The summed E-state index contributed by atoms with van der Waals surface area (Å²) in [6, 6.07) is 10.5. The summed E-state index contributed by atoms with van der Waals surface area (Å²) in [5.74, 6) is -2.34. The molecule has 0 heterocycles. The maximum Gasteiger partial charge on any atom is 0.336 e. The molecule has 10 heteroatoms. The fourth-order valence-electron chi connectivity index (χ4n) is 1.51. The predicted octanol–water partition coefficient (Wildman–Crippen LogP) is 2.59. The van der Waals surface area contributed by atoms with Crippen molar-refractivity contribution >= 4 is 23.3 Å². The van der Waals surface area contributed by atoms with Crippen LogP contribution in [0.25, 0.3) is 0 Å². The van der Waals surface area contributed by atoms with Gasteiger partial charge in [0.25, 0.3) is 11.4 Å². The van der Waals surface area contributed by atoms with Crippen LogP contribution in [0, 0.1) is 20.2 Å². The van der Waals surface area contributed by atoms with E-state index in [4.69, 9.17) is 10.2 Å². The second-order valence-electron chi connectivity index (χ2n) is 4.23. The van der Waals surface area contributed by atoms with Gasteiger partial charge in [0.05, 0.1) is 27.0 Å². The molecule has 2 aromatic rings. The van der Waals surface area contributed by atoms with Crippen molar-refractivity contribution in [3.8, 4) is 0 Å². The molecule has 0 amide bonds. The van der Waals surface area contributed by atoms with Gasteiger partial charge in [-0.2, -0.15) is 0 Å². The number of nitro benzene ring substituents is 2. The van der Waals surface area contributed by atoms with E-state index in [2.05, 4.69) is 0 Å². The SMILES string of the molecule is O=C(O)c1cc([N+](=O)[O-])cc([N+](=O)[O-])c1.O=C(O)c1ccccc1. The van der Waals surface area contributed by atoms with Gasteiger partial charge in [0.1, 0.15) is 0 Å². The summed E-state index contributed by atoms with van der Waals surface area (Å²) >= 11 is 0. The third-order valence-corrected chi connectivity index (χ3v) is 2.59. The van der Waals surface area contributed by atoms with E-state index in [-0.39, 0.29) is 0 Å². The number of aromatic carboxylic acids is 2. The molecule has 0 spiro atoms. The van der Waals surface area contributed by atoms with Gasteiger partial charge in [-0.15, -0.1) is 0 Å². The van der Waals surface area contributed by atoms with Crippen molar-refractivity contribution in [1.82, 2.24) is 0 Å². The lowest BCUT2D eigenvalue weighted by atomic mass is 10.2. The number of hydrogen-bond acceptors (Lipinski definition) is 6. The van der Waals surface area contributed by atoms with E-state index in [0.717, 1.165) is 12.1 Å². The molecule has 0 fully saturated rings. The van der Waals surface area contributed by atoms with Gasteiger partial charge >= 0.3 is 11.9 Å². The third-order valence-electron chi connectivity index (χ3n) is 2.59. The molecular weight excluding hydrogens is 324 g/mol. The monoisotopic (exact) mass is 334 g/mol. The average molecular weight is 334 g/mol. The number of nitrogens with zero attached hydrogens (tertiary/aromatic N) is 2. The highest BCUT2D eigenvalue weighted by Crippen LogP contribution is 2.22. The van der Waals surface area contributed by atoms with Crippen LogP contribution in [0.15, 0.2) is 48.5 Å². The molecule has 0 bridgehead atoms. The molecule has 2 rings (SSSR count). The van der Waals surface area contributed by atoms with Crippen LogP contribution >= 0.6 is 0 Å². The second-order valence-corrected chi connectivity index (χ2v) is 4.23. The maximum absolute atomic E-state index is 10.5. The zero-order valence-corrected chi connectivity index (χ0v) is 11.9. The van der Waals surface area contributed by atoms with E-state index in [1.807, 2.05) is 0 Å². The van der Waals surface area contributed by atoms with E-state index in [1.54, 1.807) is 30.3 Å². The summed E-state index contributed by atoms with van der Waals surface area (Å²) in [6.07, 6.45) is 0. The van der Waals surface area contributed by atoms with Gasteiger partial charge in [-0.05, 0) is 12.1 Å². The molecule has 0 saturated carbocycles. The lowest BCUT2D eigenvalue weighted by Gasteiger charge is -1.96. The summed E-state index contributed by atoms with van der Waals surface area (Å²) in [4.78, 5) is 39.6. The highest BCUT2D eigenvalue weighted by molar-refractivity contribution is 5.89. The number of hydrogen-bond donors (Lipinski definition) is 2. The van der Waals surface area contributed by atoms with Gasteiger partial charge in [-0.25, -0.2) is 9.59 Å². The normalized spacial score (nSPS) is 9.33. The van der Waals surface area contributed by atoms with Crippen molar-refractivity contribution < 1.29 is 29.6 Å². The Bertz CT molecular complexity index is 710. The van der Waals surface area contributed by atoms with Crippen LogP contribution in [-0.4, -0.2) is 32.0 Å². The van der Waals surface area contributed by atoms with Gasteiger partial charge in [0.2, 0.25) is 0 Å². The van der Waals surface area contributed by atoms with Gasteiger partial charge in [0.15, 0.2) is 0 Å². The zero-order valence-electron chi connectivity index (χ0n) is 11.9. The average Bonchev–Trinajstić information content (AvgIpc) is 2.55. The quantitative estimate of drug-likeness (QED) is 0.636. The Balaban J connectivity index is 0.000000272. The van der Waals surface area contributed by atoms with E-state index in [9.17, 15) is 29.8 Å². The summed E-state index contributed by atoms with van der Waals surface area (Å²) < 4.78 is 0. The van der Waals surface area contributed by atoms with Crippen molar-refractivity contribution in [2.75, 3.05) is 0 Å². The summed E-state index contributed by atoms with van der Waals surface area (Å²) in [5, 5.41) is 37.6. The minimum atomic E-state index is -1.46. The van der Waals surface area contributed by atoms with E-state index in [1.165, 1.54) is 0 Å². The largest absolute Gasteiger partial charge is 0.478 e. The van der Waals surface area contributed by atoms with Crippen LogP contribution in [-0.2, 0) is 0 Å². The molecule has 0 aliphatic rings. The number of carboxylic acids is 2. The Morgan fingerprint density at radius 1 is 0.750 bits per heavy atom. The first-order valence-electron chi connectivity index (χ1n) is 6.18. The Kier molecular flexibility index (Phi) is 6.06. The number of non-ortho nitro benzene ring substituents is 2. The van der Waals surface area contributed by atoms with Crippen LogP contribution in [0.3, 0.4) is 0 Å². The Hall–Kier alpha value is -3.82. The summed E-state index contributed by atoms with van der Waals surface area (Å²) in [5.41, 5.74) is -1.41. The van der Waals surface area contributed by atoms with Crippen molar-refractivity contribution in [2.24, 2.45) is 0 Å². The number of nitro groups is 2. The molecule has 2 aromatic carbocycles. The molecule has 10 nitrogen and oxygen atoms in total. The molecule has 2 N–H and O–H groups in total. The lowest BCUT2D eigenvalue weighted by Crippen LogP contribution is -2.00. The predicted molar refractivity (Wildman–Crippen MR) is 80.1 cm³/mol. The topological polar surface area (TPSA) is 161 Å². The molecular formula is C14H10N2O8. The van der Waals surface area contributed by atoms with E-state index >= 15 is 0 Å². The molecule has 0 unspecified atom stereocenters. The molecule has 0 aliphatic carbocycles. The molecule has 124 valence electrons. The second kappa shape index (κ2) is 7.98. The van der Waals surface area contributed by atoms with E-state index < -0.39 is 38.7 Å². The Morgan fingerprint density at radius 2 is 1.17 bits per heavy atom. The molecule has 0 saturated heterocycles. The smallest absolute Gasteiger partial charge is 0.336 e. The van der Waals surface area contributed by atoms with Crippen molar-refractivity contribution in [3.63, 3.8) is 0 Å². The molecule has 0 atom stereocenters. The number of carboxylic acid groups (broad SMARTS) is 2. The van der Waals surface area contributed by atoms with Gasteiger partial charge in [0, 0.05) is 12.1 Å². The van der Waals surface area contributed by atoms with Crippen LogP contribution < -0.4 is 0 Å². The van der Waals surface area contributed by atoms with Crippen molar-refractivity contribution in [3.05, 3.63) is 79.9 Å². The highest BCUT2D eigenvalue weighted by atomic mass is 16.6. The Morgan fingerprint density at radius 3 is 1.46 bits per heavy atom. The molecule has 24 heavy (non-hydrogen) atoms. The van der Waals surface area contributed by atoms with Crippen LogP contribution in [0.5, 0.6) is 0 Å². The maximum atomic E-state index is 10.5. The molecule has 0 radical (unpaired) electrons. The van der Waals surface area contributed by atoms with Crippen LogP contribution in [0.4, 0.5) is 11.4 Å². The fraction of sp³-hybridized carbons (Fsp3) is 0.